The van der Waals surface area contributed by atoms with Gasteiger partial charge in [-0.1, -0.05) is 5.21 Å². The Morgan fingerprint density at radius 2 is 1.94 bits per heavy atom. The molecule has 0 aromatic carbocycles. The molecule has 8 nitrogen and oxygen atoms in total. The molecule has 1 rings (SSSR count). The molecule has 0 saturated carbocycles. The second kappa shape index (κ2) is 5.83. The number of nitrogens with two attached hydrogens (primary N) is 1. The van der Waals surface area contributed by atoms with Gasteiger partial charge in [-0.3, -0.25) is 4.79 Å². The molecule has 0 amide bonds. The average molecular weight is 242 g/mol. The number of hydrogen-bond donors (Lipinski definition) is 1. The molecule has 0 spiro atoms. The third-order valence-electron chi connectivity index (χ3n) is 1.83. The van der Waals surface area contributed by atoms with Gasteiger partial charge in [-0.25, -0.2) is 9.48 Å². The van der Waals surface area contributed by atoms with E-state index in [1.807, 2.05) is 0 Å². The van der Waals surface area contributed by atoms with E-state index in [1.165, 1.54) is 0 Å². The first-order valence-electron chi connectivity index (χ1n) is 5.11. The maximum Gasteiger partial charge on any atom is 0.362 e. The minimum absolute atomic E-state index is 0.0171. The number of esters is 2. The summed E-state index contributed by atoms with van der Waals surface area (Å²) >= 11 is 0. The zero-order chi connectivity index (χ0) is 12.8. The van der Waals surface area contributed by atoms with Crippen molar-refractivity contribution in [2.24, 2.45) is 0 Å². The maximum absolute atomic E-state index is 11.4. The van der Waals surface area contributed by atoms with Crippen LogP contribution in [0.1, 0.15) is 24.3 Å². The average Bonchev–Trinajstić information content (AvgIpc) is 2.61. The first-order chi connectivity index (χ1) is 8.10. The summed E-state index contributed by atoms with van der Waals surface area (Å²) in [5.74, 6) is -1.18. The van der Waals surface area contributed by atoms with E-state index in [4.69, 9.17) is 15.2 Å². The van der Waals surface area contributed by atoms with E-state index in [-0.39, 0.29) is 31.3 Å². The number of aromatic nitrogens is 3. The molecule has 94 valence electrons. The van der Waals surface area contributed by atoms with Crippen LogP contribution in [-0.4, -0.2) is 40.1 Å². The van der Waals surface area contributed by atoms with Gasteiger partial charge in [0.25, 0.3) is 0 Å². The standard InChI is InChI=1S/C9H14N4O4/c1-3-16-6(14)5-13-8(10)7(11-12-13)9(15)17-4-2/h3-5,10H2,1-2H3. The fourth-order valence-corrected chi connectivity index (χ4v) is 1.11. The number of ether oxygens (including phenoxy) is 2. The third-order valence-corrected chi connectivity index (χ3v) is 1.83. The lowest BCUT2D eigenvalue weighted by Crippen LogP contribution is -2.17. The van der Waals surface area contributed by atoms with Crippen LogP contribution in [0.3, 0.4) is 0 Å². The highest BCUT2D eigenvalue weighted by Gasteiger charge is 2.19. The zero-order valence-corrected chi connectivity index (χ0v) is 9.67. The number of hydrogen-bond acceptors (Lipinski definition) is 7. The summed E-state index contributed by atoms with van der Waals surface area (Å²) in [5.41, 5.74) is 5.51. The van der Waals surface area contributed by atoms with E-state index >= 15 is 0 Å². The topological polar surface area (TPSA) is 109 Å². The first kappa shape index (κ1) is 12.9. The lowest BCUT2D eigenvalue weighted by molar-refractivity contribution is -0.144. The molecule has 0 bridgehead atoms. The van der Waals surface area contributed by atoms with E-state index in [0.29, 0.717) is 0 Å². The number of nitrogens with zero attached hydrogens (tertiary/aromatic N) is 3. The Morgan fingerprint density at radius 1 is 1.29 bits per heavy atom. The van der Waals surface area contributed by atoms with Crippen molar-refractivity contribution in [3.63, 3.8) is 0 Å². The molecule has 0 aliphatic heterocycles. The highest BCUT2D eigenvalue weighted by atomic mass is 16.5. The molecule has 0 atom stereocenters. The monoisotopic (exact) mass is 242 g/mol. The van der Waals surface area contributed by atoms with Gasteiger partial charge < -0.3 is 15.2 Å². The van der Waals surface area contributed by atoms with Crippen molar-refractivity contribution in [2.45, 2.75) is 20.4 Å². The summed E-state index contributed by atoms with van der Waals surface area (Å²) < 4.78 is 10.5. The Bertz CT molecular complexity index is 415. The van der Waals surface area contributed by atoms with Crippen LogP contribution in [0.15, 0.2) is 0 Å². The van der Waals surface area contributed by atoms with Crippen LogP contribution in [-0.2, 0) is 20.8 Å². The van der Waals surface area contributed by atoms with Gasteiger partial charge in [0.05, 0.1) is 13.2 Å². The summed E-state index contributed by atoms with van der Waals surface area (Å²) in [6, 6.07) is 0. The van der Waals surface area contributed by atoms with Gasteiger partial charge in [0.2, 0.25) is 5.69 Å². The molecule has 0 aliphatic carbocycles. The number of rotatable bonds is 5. The molecule has 2 N–H and O–H groups in total. The third kappa shape index (κ3) is 3.16. The molecule has 1 aromatic rings. The van der Waals surface area contributed by atoms with Gasteiger partial charge in [-0.2, -0.15) is 0 Å². The number of nitrogen functional groups attached to an aromatic ring is 1. The Labute approximate surface area is 97.7 Å². The number of carbonyl (C=O) groups excluding carboxylic acids is 2. The van der Waals surface area contributed by atoms with Crippen LogP contribution in [0, 0.1) is 0 Å². The van der Waals surface area contributed by atoms with E-state index < -0.39 is 11.9 Å². The Balaban J connectivity index is 2.77. The number of anilines is 1. The fourth-order valence-electron chi connectivity index (χ4n) is 1.11. The molecular weight excluding hydrogens is 228 g/mol. The molecule has 17 heavy (non-hydrogen) atoms. The van der Waals surface area contributed by atoms with Crippen molar-refractivity contribution < 1.29 is 19.1 Å². The van der Waals surface area contributed by atoms with E-state index in [2.05, 4.69) is 10.3 Å². The quantitative estimate of drug-likeness (QED) is 0.699. The Kier molecular flexibility index (Phi) is 4.44. The maximum atomic E-state index is 11.4. The molecule has 1 heterocycles. The van der Waals surface area contributed by atoms with Gasteiger partial charge >= 0.3 is 11.9 Å². The lowest BCUT2D eigenvalue weighted by atomic mass is 10.4. The summed E-state index contributed by atoms with van der Waals surface area (Å²) in [5, 5.41) is 7.13. The molecular formula is C9H14N4O4. The van der Waals surface area contributed by atoms with Crippen LogP contribution in [0.5, 0.6) is 0 Å². The van der Waals surface area contributed by atoms with Crippen LogP contribution in [0.4, 0.5) is 5.82 Å². The second-order valence-corrected chi connectivity index (χ2v) is 3.01. The Hall–Kier alpha value is -2.12. The molecule has 0 unspecified atom stereocenters. The van der Waals surface area contributed by atoms with Gasteiger partial charge in [0.1, 0.15) is 6.54 Å². The van der Waals surface area contributed by atoms with Gasteiger partial charge in [0.15, 0.2) is 5.82 Å². The van der Waals surface area contributed by atoms with Crippen molar-refractivity contribution in [3.8, 4) is 0 Å². The van der Waals surface area contributed by atoms with Crippen LogP contribution >= 0.6 is 0 Å². The largest absolute Gasteiger partial charge is 0.465 e. The summed E-state index contributed by atoms with van der Waals surface area (Å²) in [4.78, 5) is 22.5. The van der Waals surface area contributed by atoms with Gasteiger partial charge in [-0.05, 0) is 13.8 Å². The van der Waals surface area contributed by atoms with Gasteiger partial charge in [-0.15, -0.1) is 5.10 Å². The first-order valence-corrected chi connectivity index (χ1v) is 5.11. The SMILES string of the molecule is CCOC(=O)Cn1nnc(C(=O)OCC)c1N. The van der Waals surface area contributed by atoms with Crippen molar-refractivity contribution in [3.05, 3.63) is 5.69 Å². The van der Waals surface area contributed by atoms with Crippen LogP contribution in [0.25, 0.3) is 0 Å². The van der Waals surface area contributed by atoms with Crippen molar-refractivity contribution >= 4 is 17.8 Å². The predicted octanol–water partition coefficient (Wildman–Crippen LogP) is -0.400. The van der Waals surface area contributed by atoms with E-state index in [0.717, 1.165) is 4.68 Å². The highest BCUT2D eigenvalue weighted by Crippen LogP contribution is 2.09. The fraction of sp³-hybridized carbons (Fsp3) is 0.556. The summed E-state index contributed by atoms with van der Waals surface area (Å²) in [6.07, 6.45) is 0. The molecule has 0 saturated heterocycles. The highest BCUT2D eigenvalue weighted by molar-refractivity contribution is 5.92. The van der Waals surface area contributed by atoms with Crippen LogP contribution in [0.2, 0.25) is 0 Å². The second-order valence-electron chi connectivity index (χ2n) is 3.01. The summed E-state index contributed by atoms with van der Waals surface area (Å²) in [6.45, 7) is 3.64. The molecule has 1 aromatic heterocycles. The van der Waals surface area contributed by atoms with Crippen LogP contribution < -0.4 is 5.73 Å². The summed E-state index contributed by atoms with van der Waals surface area (Å²) in [7, 11) is 0. The smallest absolute Gasteiger partial charge is 0.362 e. The van der Waals surface area contributed by atoms with E-state index in [9.17, 15) is 9.59 Å². The molecule has 0 aliphatic rings. The number of carbonyl (C=O) groups is 2. The van der Waals surface area contributed by atoms with E-state index in [1.54, 1.807) is 13.8 Å². The zero-order valence-electron chi connectivity index (χ0n) is 9.67. The lowest BCUT2D eigenvalue weighted by Gasteiger charge is -2.03. The van der Waals surface area contributed by atoms with Crippen molar-refractivity contribution in [1.29, 1.82) is 0 Å². The van der Waals surface area contributed by atoms with Gasteiger partial charge in [0, 0.05) is 0 Å². The van der Waals surface area contributed by atoms with Crippen molar-refractivity contribution in [2.75, 3.05) is 18.9 Å². The minimum atomic E-state index is -0.667. The molecule has 0 radical (unpaired) electrons. The normalized spacial score (nSPS) is 10.0. The predicted molar refractivity (Wildman–Crippen MR) is 57.0 cm³/mol. The Morgan fingerprint density at radius 3 is 2.53 bits per heavy atom. The molecule has 8 heteroatoms. The van der Waals surface area contributed by atoms with Crippen molar-refractivity contribution in [1.82, 2.24) is 15.0 Å². The minimum Gasteiger partial charge on any atom is -0.465 e. The molecule has 0 fully saturated rings.